The summed E-state index contributed by atoms with van der Waals surface area (Å²) < 4.78 is 11.9. The number of amides is 1. The number of halogens is 1. The number of likely N-dealkylation sites (N-methyl/N-ethyl adjacent to an activating group) is 1. The van der Waals surface area contributed by atoms with Crippen molar-refractivity contribution in [3.63, 3.8) is 0 Å². The Morgan fingerprint density at radius 2 is 1.93 bits per heavy atom. The second-order valence-corrected chi connectivity index (χ2v) is 9.94. The summed E-state index contributed by atoms with van der Waals surface area (Å²) in [6.45, 7) is 9.15. The van der Waals surface area contributed by atoms with Crippen LogP contribution < -0.4 is 20.1 Å². The molecule has 1 aliphatic rings. The quantitative estimate of drug-likeness (QED) is 0.253. The largest absolute Gasteiger partial charge is 0.490 e. The van der Waals surface area contributed by atoms with Crippen LogP contribution in [0, 0.1) is 0 Å². The molecule has 1 fully saturated rings. The molecular formula is C29H31ClN8O3. The molecule has 0 radical (unpaired) electrons. The van der Waals surface area contributed by atoms with E-state index in [4.69, 9.17) is 21.1 Å². The van der Waals surface area contributed by atoms with E-state index < -0.39 is 0 Å². The molecular weight excluding hydrogens is 544 g/mol. The molecule has 41 heavy (non-hydrogen) atoms. The summed E-state index contributed by atoms with van der Waals surface area (Å²) in [6.07, 6.45) is 7.54. The lowest BCUT2D eigenvalue weighted by Crippen LogP contribution is -2.45. The zero-order valence-corrected chi connectivity index (χ0v) is 23.5. The van der Waals surface area contributed by atoms with Gasteiger partial charge in [0.1, 0.15) is 36.9 Å². The first-order valence-corrected chi connectivity index (χ1v) is 13.6. The van der Waals surface area contributed by atoms with E-state index in [0.29, 0.717) is 56.9 Å². The second-order valence-electron chi connectivity index (χ2n) is 9.53. The highest BCUT2D eigenvalue weighted by Crippen LogP contribution is 2.35. The molecule has 12 heteroatoms. The van der Waals surface area contributed by atoms with E-state index in [-0.39, 0.29) is 12.5 Å². The van der Waals surface area contributed by atoms with Crippen LogP contribution in [0.25, 0.3) is 10.9 Å². The molecule has 1 amide bonds. The number of nitrogens with one attached hydrogen (secondary N) is 2. The van der Waals surface area contributed by atoms with Crippen LogP contribution in [0.4, 0.5) is 17.2 Å². The third-order valence-electron chi connectivity index (χ3n) is 6.63. The highest BCUT2D eigenvalue weighted by Gasteiger charge is 2.16. The van der Waals surface area contributed by atoms with Gasteiger partial charge in [-0.2, -0.15) is 0 Å². The minimum Gasteiger partial charge on any atom is -0.490 e. The van der Waals surface area contributed by atoms with Gasteiger partial charge in [0.05, 0.1) is 28.1 Å². The molecule has 4 aromatic rings. The predicted molar refractivity (Wildman–Crippen MR) is 159 cm³/mol. The maximum absolute atomic E-state index is 12.2. The normalized spacial score (nSPS) is 14.0. The van der Waals surface area contributed by atoms with E-state index >= 15 is 0 Å². The van der Waals surface area contributed by atoms with Crippen molar-refractivity contribution in [3.05, 3.63) is 78.6 Å². The molecule has 2 N–H and O–H groups in total. The van der Waals surface area contributed by atoms with Gasteiger partial charge < -0.3 is 25.0 Å². The number of rotatable bonds is 11. The molecule has 2 aromatic heterocycles. The Kier molecular flexibility index (Phi) is 9.19. The SMILES string of the molecule is C=CC(=O)Nc1cc2c(Nc3ccc(OCc4cnccn4)c(Cl)c3)ncnc2cc1OCCN1CCN(C)CC1. The van der Waals surface area contributed by atoms with E-state index in [1.807, 2.05) is 6.07 Å². The summed E-state index contributed by atoms with van der Waals surface area (Å²) in [6, 6.07) is 8.96. The van der Waals surface area contributed by atoms with Gasteiger partial charge in [-0.05, 0) is 37.4 Å². The van der Waals surface area contributed by atoms with Gasteiger partial charge in [-0.1, -0.05) is 18.2 Å². The predicted octanol–water partition coefficient (Wildman–Crippen LogP) is 4.15. The van der Waals surface area contributed by atoms with E-state index in [9.17, 15) is 4.79 Å². The van der Waals surface area contributed by atoms with Crippen LogP contribution in [0.5, 0.6) is 11.5 Å². The first-order valence-electron chi connectivity index (χ1n) is 13.2. The standard InChI is InChI=1S/C29H31ClN8O3/c1-3-28(39)36-25-15-22-24(16-27(25)40-13-12-38-10-8-37(2)9-11-38)33-19-34-29(22)35-20-4-5-26(23(30)14-20)41-18-21-17-31-6-7-32-21/h3-7,14-17,19H,1,8-13,18H2,2H3,(H,36,39)(H,33,34,35). The maximum atomic E-state index is 12.2. The summed E-state index contributed by atoms with van der Waals surface area (Å²) in [5.74, 6) is 1.24. The third kappa shape index (κ3) is 7.46. The van der Waals surface area contributed by atoms with Crippen molar-refractivity contribution in [3.8, 4) is 11.5 Å². The average Bonchev–Trinajstić information content (AvgIpc) is 2.98. The van der Waals surface area contributed by atoms with Gasteiger partial charge in [0, 0.05) is 62.3 Å². The van der Waals surface area contributed by atoms with Crippen LogP contribution in [-0.2, 0) is 11.4 Å². The fourth-order valence-corrected chi connectivity index (χ4v) is 4.56. The molecule has 2 aromatic carbocycles. The van der Waals surface area contributed by atoms with Gasteiger partial charge in [-0.15, -0.1) is 0 Å². The van der Waals surface area contributed by atoms with Gasteiger partial charge in [0.2, 0.25) is 5.91 Å². The Morgan fingerprint density at radius 1 is 1.07 bits per heavy atom. The summed E-state index contributed by atoms with van der Waals surface area (Å²) >= 11 is 6.50. The molecule has 0 bridgehead atoms. The molecule has 3 heterocycles. The Balaban J connectivity index is 1.33. The van der Waals surface area contributed by atoms with Gasteiger partial charge in [-0.3, -0.25) is 19.7 Å². The first-order chi connectivity index (χ1) is 20.0. The molecule has 1 saturated heterocycles. The number of anilines is 3. The van der Waals surface area contributed by atoms with Crippen molar-refractivity contribution in [1.29, 1.82) is 0 Å². The number of benzene rings is 2. The number of hydrogen-bond donors (Lipinski definition) is 2. The highest BCUT2D eigenvalue weighted by molar-refractivity contribution is 6.32. The second kappa shape index (κ2) is 13.4. The molecule has 5 rings (SSSR count). The number of ether oxygens (including phenoxy) is 2. The number of piperazine rings is 1. The summed E-state index contributed by atoms with van der Waals surface area (Å²) in [5, 5.41) is 7.26. The Labute approximate surface area is 243 Å². The van der Waals surface area contributed by atoms with Gasteiger partial charge in [0.15, 0.2) is 0 Å². The molecule has 0 saturated carbocycles. The molecule has 0 aliphatic carbocycles. The Morgan fingerprint density at radius 3 is 2.68 bits per heavy atom. The van der Waals surface area contributed by atoms with Gasteiger partial charge >= 0.3 is 0 Å². The van der Waals surface area contributed by atoms with E-state index in [1.165, 1.54) is 12.4 Å². The minimum absolute atomic E-state index is 0.246. The summed E-state index contributed by atoms with van der Waals surface area (Å²) in [5.41, 5.74) is 2.56. The average molecular weight is 575 g/mol. The molecule has 212 valence electrons. The summed E-state index contributed by atoms with van der Waals surface area (Å²) in [7, 11) is 2.13. The lowest BCUT2D eigenvalue weighted by Gasteiger charge is -2.32. The number of fused-ring (bicyclic) bond motifs is 1. The third-order valence-corrected chi connectivity index (χ3v) is 6.92. The Hall–Kier alpha value is -4.32. The fourth-order valence-electron chi connectivity index (χ4n) is 4.33. The van der Waals surface area contributed by atoms with Crippen molar-refractivity contribution >= 4 is 45.6 Å². The van der Waals surface area contributed by atoms with Crippen molar-refractivity contribution in [2.75, 3.05) is 57.0 Å². The number of carbonyl (C=O) groups excluding carboxylic acids is 1. The topological polar surface area (TPSA) is 118 Å². The molecule has 0 spiro atoms. The van der Waals surface area contributed by atoms with Crippen molar-refractivity contribution in [2.24, 2.45) is 0 Å². The monoisotopic (exact) mass is 574 g/mol. The highest BCUT2D eigenvalue weighted by atomic mass is 35.5. The zero-order chi connectivity index (χ0) is 28.6. The zero-order valence-electron chi connectivity index (χ0n) is 22.7. The molecule has 0 unspecified atom stereocenters. The smallest absolute Gasteiger partial charge is 0.247 e. The van der Waals surface area contributed by atoms with Crippen LogP contribution in [0.3, 0.4) is 0 Å². The summed E-state index contributed by atoms with van der Waals surface area (Å²) in [4.78, 5) is 34.0. The number of hydrogen-bond acceptors (Lipinski definition) is 10. The molecule has 0 atom stereocenters. The van der Waals surface area contributed by atoms with E-state index in [0.717, 1.165) is 32.7 Å². The van der Waals surface area contributed by atoms with Crippen LogP contribution in [-0.4, -0.2) is 82.0 Å². The van der Waals surface area contributed by atoms with Crippen LogP contribution in [0.1, 0.15) is 5.69 Å². The van der Waals surface area contributed by atoms with E-state index in [1.54, 1.807) is 42.9 Å². The van der Waals surface area contributed by atoms with Crippen LogP contribution >= 0.6 is 11.6 Å². The van der Waals surface area contributed by atoms with Crippen LogP contribution in [0.15, 0.2) is 67.9 Å². The molecule has 11 nitrogen and oxygen atoms in total. The Bertz CT molecular complexity index is 1510. The fraction of sp³-hybridized carbons (Fsp3) is 0.276. The maximum Gasteiger partial charge on any atom is 0.247 e. The van der Waals surface area contributed by atoms with E-state index in [2.05, 4.69) is 54.0 Å². The minimum atomic E-state index is -0.344. The lowest BCUT2D eigenvalue weighted by molar-refractivity contribution is -0.111. The van der Waals surface area contributed by atoms with Gasteiger partial charge in [0.25, 0.3) is 0 Å². The van der Waals surface area contributed by atoms with Crippen molar-refractivity contribution in [1.82, 2.24) is 29.7 Å². The van der Waals surface area contributed by atoms with Crippen molar-refractivity contribution < 1.29 is 14.3 Å². The molecule has 1 aliphatic heterocycles. The van der Waals surface area contributed by atoms with Crippen molar-refractivity contribution in [2.45, 2.75) is 6.61 Å². The number of nitrogens with zero attached hydrogens (tertiary/aromatic N) is 6. The number of carbonyl (C=O) groups is 1. The van der Waals surface area contributed by atoms with Crippen LogP contribution in [0.2, 0.25) is 5.02 Å². The lowest BCUT2D eigenvalue weighted by atomic mass is 10.1. The first kappa shape index (κ1) is 28.2. The number of aromatic nitrogens is 4. The van der Waals surface area contributed by atoms with Gasteiger partial charge in [-0.25, -0.2) is 9.97 Å².